The smallest absolute Gasteiger partial charge is 0.0620 e. The largest absolute Gasteiger partial charge is 0.0626 e. The number of rotatable bonds is 0. The molecule has 0 saturated carbocycles. The van der Waals surface area contributed by atoms with Gasteiger partial charge in [-0.25, -0.2) is 0 Å². The van der Waals surface area contributed by atoms with Crippen molar-refractivity contribution in [1.82, 2.24) is 0 Å². The molecule has 0 spiro atoms. The van der Waals surface area contributed by atoms with Gasteiger partial charge in [0.25, 0.3) is 0 Å². The Morgan fingerprint density at radius 1 is 0.233 bits per heavy atom. The average Bonchev–Trinajstić information content (AvgIpc) is 0.665. The molecule has 0 N–H and O–H groups in total. The van der Waals surface area contributed by atoms with E-state index in [-0.39, 0.29) is 45.5 Å². The summed E-state index contributed by atoms with van der Waals surface area (Å²) in [7, 11) is 0. The zero-order chi connectivity index (χ0) is 151. The summed E-state index contributed by atoms with van der Waals surface area (Å²) in [6.07, 6.45) is 0. The molecule has 7 aromatic carbocycles. The van der Waals surface area contributed by atoms with Gasteiger partial charge in [0.15, 0.2) is 0 Å². The van der Waals surface area contributed by atoms with Gasteiger partial charge in [0.1, 0.15) is 0 Å². The van der Waals surface area contributed by atoms with Crippen LogP contribution in [0.5, 0.6) is 0 Å². The first-order chi connectivity index (χ1) is 80.7. The van der Waals surface area contributed by atoms with Crippen LogP contribution in [0.25, 0.3) is 0 Å². The molecule has 498 valence electrons. The third-order valence-electron chi connectivity index (χ3n) is 12.1. The van der Waals surface area contributed by atoms with Crippen molar-refractivity contribution < 1.29 is 133 Å². The lowest BCUT2D eigenvalue weighted by molar-refractivity contribution is 0.542. The van der Waals surface area contributed by atoms with E-state index in [9.17, 15) is 0 Å². The monoisotopic (exact) mass is 1320 g/mol. The molecular weight excluding hydrogens is 1080 g/mol. The Balaban J connectivity index is 0.00000112. The lowest BCUT2D eigenvalue weighted by Gasteiger charge is -2.32. The molecule has 0 aromatic heterocycles. The highest BCUT2D eigenvalue weighted by Crippen LogP contribution is 2.38. The van der Waals surface area contributed by atoms with Crippen molar-refractivity contribution >= 4 is 0 Å². The van der Waals surface area contributed by atoms with Gasteiger partial charge in [0.05, 0.1) is 5.48 Å². The van der Waals surface area contributed by atoms with Gasteiger partial charge in [-0.2, -0.15) is 0 Å². The molecule has 0 atom stereocenters. The first-order valence-electron chi connectivity index (χ1n) is 74.4. The molecule has 0 aliphatic rings. The van der Waals surface area contributed by atoms with Crippen molar-refractivity contribution in [3.8, 4) is 0 Å². The van der Waals surface area contributed by atoms with E-state index in [2.05, 4.69) is 0 Å². The Hall–Kier alpha value is -5.46. The molecule has 0 saturated heterocycles. The SMILES string of the molecule is [2H]C([2H])([2H])C(c1cc(C(C([2H])([2H])[2H])(C([2H])([2H])[2H])C([2H])([2H])[2H])c(C)c(C(C([2H])([2H])[2H])(C([2H])([2H])[2H])C([2H])([2H])[2H])c1)(C([2H])([2H])[2H])C([2H])([2H])[2H].[2H]C([2H])([2H])C(c1cc(C)cc(C(C([2H])([2H])[2H])(C([2H])([2H])[2H])C([2H])([2H])[2H])c1)(C([2H])([2H])[2H])C([2H])([2H])[2H].[2H]C([2H])([2H])C(c1ccc(C)cc1)(C([2H])([2H])[2H])C([2H])([2H])[2H].[2H]C([2H])([2H])C(c1cccc(C)c1)(C([2H])([2H])[2H])C([2H])([2H])[2H].[2H]C([2H])([2H])C(c1ccccc1C)(C([2H])([2H])[2H])C([2H])([2H])[2H].[2H]C([2H])([2H])c1cccc(C(C([2H])([2H])[2H])(C([2H])([2H])[2H])C([2H])([2H])[2H])c1C.[2H]c1c([2H])c([2H])c(C(C([2H])([2H])[2H])(C([2H])([2H])[2H])C([2H])([2H])[2H])c(C)c1[2H]. The van der Waals surface area contributed by atoms with E-state index >= 15 is 0 Å². The van der Waals surface area contributed by atoms with Gasteiger partial charge in [-0.15, -0.1) is 0 Å². The molecule has 0 radical (unpaired) electrons. The second-order valence-corrected chi connectivity index (χ2v) is 20.8. The standard InChI is InChI=1S/C19H32.C15H24.C12H18.4C11H16/c1-13-15(18(5,6)7)11-14(17(2,3)4)12-16(13)19(8,9)10;1-11-8-12(14(2,3)4)10-13(9-11)15(5,6)7;1-9-7-6-8-11(10(9)2)12(3,4)5;1-9-5-7-10(8-6-9)11(2,3)4;1-9-6-5-7-10(8-9)11(2,3)4;2*1-9-7-5-6-8-10(9)11(2,3)4/h11-12H,1-10H3;8-10H,1-7H3;6-8H,1-5H3;4*5-8H,1-4H3/i2D3,3D3,4D3,5D3,6D3,7D3,8D3,9D3,10D3;2D3,3D3,4D3,5D3,6D3,7D3;1D3,3D3,4D3,5D3;2*2D3,3D3,4D3;2D3,3D3,4D3,5D,6D,7D,8D;2D3,3D3,4D3. The molecule has 90 heavy (non-hydrogen) atoms. The van der Waals surface area contributed by atoms with Crippen molar-refractivity contribution in [1.29, 1.82) is 0 Å². The van der Waals surface area contributed by atoms with Gasteiger partial charge in [-0.3, -0.25) is 0 Å². The maximum absolute atomic E-state index is 8.12. The highest BCUT2D eigenvalue weighted by Gasteiger charge is 2.28. The summed E-state index contributed by atoms with van der Waals surface area (Å²) in [5.74, 6) is 0. The molecule has 0 aliphatic carbocycles. The summed E-state index contributed by atoms with van der Waals surface area (Å²) < 4.78 is 756. The predicted octanol–water partition coefficient (Wildman–Crippen LogP) is 27.2. The molecule has 7 aromatic rings. The van der Waals surface area contributed by atoms with Crippen LogP contribution in [0.2, 0.25) is 0 Å². The first-order valence-corrected chi connectivity index (χ1v) is 25.9. The minimum absolute atomic E-state index is 0.0539. The highest BCUT2D eigenvalue weighted by molar-refractivity contribution is 5.47. The van der Waals surface area contributed by atoms with Crippen molar-refractivity contribution in [2.24, 2.45) is 0 Å². The van der Waals surface area contributed by atoms with Gasteiger partial charge < -0.3 is 0 Å². The zero-order valence-corrected chi connectivity index (χ0v) is 50.0. The van der Waals surface area contributed by atoms with Gasteiger partial charge in [-0.1, -0.05) is 368 Å². The van der Waals surface area contributed by atoms with E-state index in [4.69, 9.17) is 133 Å². The summed E-state index contributed by atoms with van der Waals surface area (Å²) >= 11 is 0. The molecule has 0 amide bonds. The molecule has 0 heterocycles. The molecule has 0 heteroatoms. The third kappa shape index (κ3) is 28.6. The fourth-order valence-electron chi connectivity index (χ4n) is 7.39. The minimum Gasteiger partial charge on any atom is -0.0620 e. The lowest BCUT2D eigenvalue weighted by atomic mass is 9.73. The zero-order valence-electron chi connectivity index (χ0n) is 147. The van der Waals surface area contributed by atoms with Gasteiger partial charge in [-0.05, 0) is 193 Å². The maximum Gasteiger partial charge on any atom is 0.0626 e. The average molecular weight is 1320 g/mol. The van der Waals surface area contributed by atoms with E-state index in [1.807, 2.05) is 0 Å². The summed E-state index contributed by atoms with van der Waals surface area (Å²) in [6, 6.07) is 19.6. The topological polar surface area (TPSA) is 0 Å². The minimum atomic E-state index is -4.24. The number of aryl methyl sites for hydroxylation is 5. The van der Waals surface area contributed by atoms with Gasteiger partial charge in [0, 0.05) is 127 Å². The Kier molecular flexibility index (Phi) is 6.44. The maximum atomic E-state index is 8.12. The molecule has 0 nitrogen and oxygen atoms in total. The summed E-state index contributed by atoms with van der Waals surface area (Å²) in [6.45, 7) is -104. The van der Waals surface area contributed by atoms with E-state index in [0.29, 0.717) is 24.1 Å². The Bertz CT molecular complexity index is 6560. The highest BCUT2D eigenvalue weighted by atomic mass is 14.3. The predicted molar refractivity (Wildman–Crippen MR) is 410 cm³/mol. The summed E-state index contributed by atoms with van der Waals surface area (Å²) in [5, 5.41) is 0. The van der Waals surface area contributed by atoms with Gasteiger partial charge >= 0.3 is 0 Å². The number of hydrogen-bond donors (Lipinski definition) is 0. The number of hydrogen-bond acceptors (Lipinski definition) is 0. The van der Waals surface area contributed by atoms with Crippen LogP contribution >= 0.6 is 0 Å². The Labute approximate surface area is 696 Å². The van der Waals surface area contributed by atoms with Crippen LogP contribution in [0.1, 0.15) is 439 Å². The fraction of sp³-hybridized carbons (Fsp3) is 0.533. The van der Waals surface area contributed by atoms with Crippen LogP contribution in [-0.4, -0.2) is 0 Å². The van der Waals surface area contributed by atoms with Crippen LogP contribution in [0.15, 0.2) is 145 Å². The normalized spacial score (nSPS) is 32.6. The third-order valence-corrected chi connectivity index (χ3v) is 12.1. The van der Waals surface area contributed by atoms with Crippen LogP contribution in [-0.2, 0) is 54.1 Å². The van der Waals surface area contributed by atoms with Crippen molar-refractivity contribution in [2.75, 3.05) is 0 Å². The Morgan fingerprint density at radius 3 is 1.06 bits per heavy atom. The van der Waals surface area contributed by atoms with Crippen LogP contribution in [0.4, 0.5) is 0 Å². The molecule has 0 fully saturated rings. The van der Waals surface area contributed by atoms with Crippen molar-refractivity contribution in [3.05, 3.63) is 246 Å². The second-order valence-electron chi connectivity index (χ2n) is 20.8. The number of benzene rings is 7. The Morgan fingerprint density at radius 2 is 0.600 bits per heavy atom. The van der Waals surface area contributed by atoms with Crippen LogP contribution < -0.4 is 0 Å². The fourth-order valence-corrected chi connectivity index (χ4v) is 7.39. The molecule has 7 rings (SSSR count). The summed E-state index contributed by atoms with van der Waals surface area (Å²) in [5.41, 5.74) is -44.5. The van der Waals surface area contributed by atoms with Gasteiger partial charge in [0.2, 0.25) is 0 Å². The van der Waals surface area contributed by atoms with E-state index in [0.717, 1.165) is 30.7 Å². The molecule has 0 unspecified atom stereocenters. The lowest BCUT2D eigenvalue weighted by Crippen LogP contribution is -2.23. The van der Waals surface area contributed by atoms with E-state index in [1.165, 1.54) is 93.6 Å². The van der Waals surface area contributed by atoms with Crippen LogP contribution in [0, 0.1) is 55.3 Å². The molecular formula is C90H138. The summed E-state index contributed by atoms with van der Waals surface area (Å²) in [4.78, 5) is 0. The van der Waals surface area contributed by atoms with E-state index < -0.39 is 341 Å². The van der Waals surface area contributed by atoms with Crippen LogP contribution in [0.3, 0.4) is 0 Å². The van der Waals surface area contributed by atoms with E-state index in [1.54, 1.807) is 26.0 Å². The first kappa shape index (κ1) is 17.9. The quantitative estimate of drug-likeness (QED) is 0.142. The van der Waals surface area contributed by atoms with Crippen molar-refractivity contribution in [3.63, 3.8) is 0 Å². The molecule has 0 bridgehead atoms. The molecule has 0 aliphatic heterocycles. The van der Waals surface area contributed by atoms with Crippen molar-refractivity contribution in [2.45, 2.75) is 315 Å². The second kappa shape index (κ2) is 32.4.